The molecule has 0 aliphatic carbocycles. The molecule has 0 radical (unpaired) electrons. The first-order valence-corrected chi connectivity index (χ1v) is 6.46. The molecular weight excluding hydrogens is 307 g/mol. The van der Waals surface area contributed by atoms with Gasteiger partial charge in [0.15, 0.2) is 10.9 Å². The smallest absolute Gasteiger partial charge is 0.296 e. The van der Waals surface area contributed by atoms with Crippen molar-refractivity contribution in [3.63, 3.8) is 0 Å². The summed E-state index contributed by atoms with van der Waals surface area (Å²) in [6.45, 7) is 1.33. The molecule has 0 saturated carbocycles. The Labute approximate surface area is 120 Å². The molecule has 1 N–H and O–H groups in total. The zero-order valence-electron chi connectivity index (χ0n) is 10.6. The van der Waals surface area contributed by atoms with Gasteiger partial charge in [0.1, 0.15) is 11.4 Å². The first-order chi connectivity index (χ1) is 9.77. The Balaban J connectivity index is 2.11. The van der Waals surface area contributed by atoms with Crippen LogP contribution >= 0.6 is 11.3 Å². The molecule has 0 atom stereocenters. The van der Waals surface area contributed by atoms with Gasteiger partial charge in [-0.25, -0.2) is 4.98 Å². The fourth-order valence-corrected chi connectivity index (χ4v) is 2.09. The van der Waals surface area contributed by atoms with Crippen LogP contribution in [0.25, 0.3) is 0 Å². The third-order valence-electron chi connectivity index (χ3n) is 2.41. The number of hydrogen-bond acceptors (Lipinski definition) is 5. The van der Waals surface area contributed by atoms with Crippen molar-refractivity contribution in [3.8, 4) is 0 Å². The molecule has 0 bridgehead atoms. The molecule has 21 heavy (non-hydrogen) atoms. The van der Waals surface area contributed by atoms with E-state index in [1.807, 2.05) is 0 Å². The number of nitrogens with one attached hydrogen (secondary N) is 1. The first kappa shape index (κ1) is 15.1. The number of amides is 1. The lowest BCUT2D eigenvalue weighted by molar-refractivity contribution is -0.137. The minimum Gasteiger partial charge on any atom is -0.296 e. The van der Waals surface area contributed by atoms with Crippen molar-refractivity contribution in [1.29, 1.82) is 0 Å². The van der Waals surface area contributed by atoms with E-state index in [9.17, 15) is 22.8 Å². The number of carbonyl (C=O) groups excluding carboxylic acids is 2. The van der Waals surface area contributed by atoms with Crippen molar-refractivity contribution < 1.29 is 22.8 Å². The molecule has 2 aromatic heterocycles. The summed E-state index contributed by atoms with van der Waals surface area (Å²) in [5.41, 5.74) is -0.912. The summed E-state index contributed by atoms with van der Waals surface area (Å²) >= 11 is 1.04. The van der Waals surface area contributed by atoms with Crippen molar-refractivity contribution in [3.05, 3.63) is 40.7 Å². The first-order valence-electron chi connectivity index (χ1n) is 5.58. The van der Waals surface area contributed by atoms with Gasteiger partial charge in [0.2, 0.25) is 0 Å². The van der Waals surface area contributed by atoms with Gasteiger partial charge < -0.3 is 0 Å². The number of pyridine rings is 1. The number of aromatic nitrogens is 2. The van der Waals surface area contributed by atoms with E-state index >= 15 is 0 Å². The van der Waals surface area contributed by atoms with Gasteiger partial charge in [0, 0.05) is 18.5 Å². The monoisotopic (exact) mass is 315 g/mol. The van der Waals surface area contributed by atoms with E-state index in [0.717, 1.165) is 23.5 Å². The molecule has 5 nitrogen and oxygen atoms in total. The van der Waals surface area contributed by atoms with Crippen LogP contribution in [0.15, 0.2) is 23.7 Å². The summed E-state index contributed by atoms with van der Waals surface area (Å²) in [4.78, 5) is 30.2. The third-order valence-corrected chi connectivity index (χ3v) is 3.17. The highest BCUT2D eigenvalue weighted by Crippen LogP contribution is 2.28. The topological polar surface area (TPSA) is 72.0 Å². The SMILES string of the molecule is CC(=O)c1csc(NC(=O)c2ccc(C(F)(F)F)cn2)n1. The van der Waals surface area contributed by atoms with E-state index in [4.69, 9.17) is 0 Å². The fraction of sp³-hybridized carbons (Fsp3) is 0.167. The maximum atomic E-state index is 12.4. The number of halogens is 3. The van der Waals surface area contributed by atoms with Crippen molar-refractivity contribution in [2.24, 2.45) is 0 Å². The number of rotatable bonds is 3. The van der Waals surface area contributed by atoms with Gasteiger partial charge in [0.05, 0.1) is 5.56 Å². The standard InChI is InChI=1S/C12H8F3N3O2S/c1-6(19)9-5-21-11(17-9)18-10(20)8-3-2-7(4-16-8)12(13,14)15/h2-5H,1H3,(H,17,18,20). The van der Waals surface area contributed by atoms with E-state index in [2.05, 4.69) is 15.3 Å². The van der Waals surface area contributed by atoms with Crippen molar-refractivity contribution in [1.82, 2.24) is 9.97 Å². The molecule has 0 aliphatic heterocycles. The molecule has 0 saturated heterocycles. The second-order valence-electron chi connectivity index (χ2n) is 3.98. The second kappa shape index (κ2) is 5.60. The zero-order valence-corrected chi connectivity index (χ0v) is 11.4. The number of thiazole rings is 1. The van der Waals surface area contributed by atoms with Crippen molar-refractivity contribution >= 4 is 28.2 Å². The van der Waals surface area contributed by atoms with Gasteiger partial charge in [-0.1, -0.05) is 0 Å². The lowest BCUT2D eigenvalue weighted by atomic mass is 10.2. The number of nitrogens with zero attached hydrogens (tertiary/aromatic N) is 2. The molecule has 2 rings (SSSR count). The third kappa shape index (κ3) is 3.63. The quantitative estimate of drug-likeness (QED) is 0.884. The summed E-state index contributed by atoms with van der Waals surface area (Å²) in [6.07, 6.45) is -3.93. The Morgan fingerprint density at radius 3 is 2.43 bits per heavy atom. The number of carbonyl (C=O) groups is 2. The second-order valence-corrected chi connectivity index (χ2v) is 4.84. The van der Waals surface area contributed by atoms with Gasteiger partial charge in [0.25, 0.3) is 5.91 Å². The van der Waals surface area contributed by atoms with Crippen LogP contribution in [0.3, 0.4) is 0 Å². The highest BCUT2D eigenvalue weighted by molar-refractivity contribution is 7.14. The average molecular weight is 315 g/mol. The Bertz CT molecular complexity index is 680. The molecule has 0 fully saturated rings. The van der Waals surface area contributed by atoms with E-state index in [1.165, 1.54) is 12.3 Å². The minimum atomic E-state index is -4.51. The van der Waals surface area contributed by atoms with Gasteiger partial charge in [-0.3, -0.25) is 19.9 Å². The lowest BCUT2D eigenvalue weighted by Crippen LogP contribution is -2.15. The molecule has 0 aromatic carbocycles. The van der Waals surface area contributed by atoms with Crippen molar-refractivity contribution in [2.75, 3.05) is 5.32 Å². The molecule has 0 spiro atoms. The van der Waals surface area contributed by atoms with Gasteiger partial charge in [-0.05, 0) is 12.1 Å². The predicted molar refractivity (Wildman–Crippen MR) is 69.3 cm³/mol. The molecule has 110 valence electrons. The Morgan fingerprint density at radius 1 is 1.24 bits per heavy atom. The van der Waals surface area contributed by atoms with Crippen LogP contribution < -0.4 is 5.32 Å². The van der Waals surface area contributed by atoms with E-state index in [-0.39, 0.29) is 22.3 Å². The average Bonchev–Trinajstić information content (AvgIpc) is 2.86. The Morgan fingerprint density at radius 2 is 1.95 bits per heavy atom. The molecule has 0 unspecified atom stereocenters. The van der Waals surface area contributed by atoms with Crippen molar-refractivity contribution in [2.45, 2.75) is 13.1 Å². The van der Waals surface area contributed by atoms with Crippen LogP contribution in [-0.4, -0.2) is 21.7 Å². The number of ketones is 1. The highest BCUT2D eigenvalue weighted by atomic mass is 32.1. The number of anilines is 1. The molecule has 0 aliphatic rings. The largest absolute Gasteiger partial charge is 0.417 e. The van der Waals surface area contributed by atoms with Gasteiger partial charge in [-0.15, -0.1) is 11.3 Å². The number of hydrogen-bond donors (Lipinski definition) is 1. The molecule has 1 amide bonds. The summed E-state index contributed by atoms with van der Waals surface area (Å²) < 4.78 is 37.1. The Hall–Kier alpha value is -2.29. The minimum absolute atomic E-state index is 0.173. The van der Waals surface area contributed by atoms with Gasteiger partial charge in [-0.2, -0.15) is 13.2 Å². The zero-order chi connectivity index (χ0) is 15.6. The molecule has 2 aromatic rings. The maximum Gasteiger partial charge on any atom is 0.417 e. The number of alkyl halides is 3. The van der Waals surface area contributed by atoms with E-state index < -0.39 is 17.6 Å². The maximum absolute atomic E-state index is 12.4. The normalized spacial score (nSPS) is 11.2. The van der Waals surface area contributed by atoms with Crippen LogP contribution in [0, 0.1) is 0 Å². The molecule has 9 heteroatoms. The predicted octanol–water partition coefficient (Wildman–Crippen LogP) is 3.01. The Kier molecular flexibility index (Phi) is 4.03. The highest BCUT2D eigenvalue weighted by Gasteiger charge is 2.30. The van der Waals surface area contributed by atoms with Crippen LogP contribution in [0.2, 0.25) is 0 Å². The van der Waals surface area contributed by atoms with E-state index in [0.29, 0.717) is 6.20 Å². The summed E-state index contributed by atoms with van der Waals surface area (Å²) in [6, 6.07) is 1.74. The fourth-order valence-electron chi connectivity index (χ4n) is 1.35. The number of Topliss-reactive ketones (excluding diaryl/α,β-unsaturated/α-hetero) is 1. The summed E-state index contributed by atoms with van der Waals surface area (Å²) in [5.74, 6) is -0.951. The van der Waals surface area contributed by atoms with Crippen LogP contribution in [0.4, 0.5) is 18.3 Å². The van der Waals surface area contributed by atoms with Gasteiger partial charge >= 0.3 is 6.18 Å². The molecule has 2 heterocycles. The van der Waals surface area contributed by atoms with E-state index in [1.54, 1.807) is 0 Å². The molecular formula is C12H8F3N3O2S. The van der Waals surface area contributed by atoms with Crippen LogP contribution in [-0.2, 0) is 6.18 Å². The summed E-state index contributed by atoms with van der Waals surface area (Å²) in [5, 5.41) is 4.01. The summed E-state index contributed by atoms with van der Waals surface area (Å²) in [7, 11) is 0. The lowest BCUT2D eigenvalue weighted by Gasteiger charge is -2.06. The van der Waals surface area contributed by atoms with Crippen LogP contribution in [0.5, 0.6) is 0 Å². The van der Waals surface area contributed by atoms with Crippen LogP contribution in [0.1, 0.15) is 33.5 Å².